The highest BCUT2D eigenvalue weighted by molar-refractivity contribution is 6.16. The van der Waals surface area contributed by atoms with Gasteiger partial charge >= 0.3 is 0 Å². The highest BCUT2D eigenvalue weighted by Gasteiger charge is 1.99. The van der Waals surface area contributed by atoms with Crippen molar-refractivity contribution in [3.63, 3.8) is 0 Å². The third-order valence-corrected chi connectivity index (χ3v) is 2.46. The van der Waals surface area contributed by atoms with Crippen LogP contribution in [0.2, 0.25) is 0 Å². The van der Waals surface area contributed by atoms with E-state index in [-0.39, 0.29) is 0 Å². The minimum Gasteiger partial charge on any atom is -0.333 e. The summed E-state index contributed by atoms with van der Waals surface area (Å²) in [6.07, 6.45) is 6.08. The van der Waals surface area contributed by atoms with Crippen LogP contribution in [-0.2, 0) is 12.4 Å². The Bertz CT molecular complexity index is 258. The smallest absolute Gasteiger partial charge is 0.0948 e. The summed E-state index contributed by atoms with van der Waals surface area (Å²) in [5, 5.41) is 0. The summed E-state index contributed by atoms with van der Waals surface area (Å²) in [7, 11) is 4.20. The predicted molar refractivity (Wildman–Crippen MR) is 59.6 cm³/mol. The van der Waals surface area contributed by atoms with Crippen LogP contribution in [0, 0.1) is 0 Å². The number of halogens is 1. The van der Waals surface area contributed by atoms with Crippen molar-refractivity contribution in [1.82, 2.24) is 14.5 Å². The second-order valence-electron chi connectivity index (χ2n) is 3.72. The van der Waals surface area contributed by atoms with Crippen LogP contribution in [0.5, 0.6) is 0 Å². The molecule has 0 aromatic carbocycles. The number of imidazole rings is 1. The number of rotatable bonds is 6. The Morgan fingerprint density at radius 3 is 2.86 bits per heavy atom. The SMILES string of the molecule is CN(C)CCCCn1cncc1CCl. The fourth-order valence-electron chi connectivity index (χ4n) is 1.37. The number of unbranched alkanes of at least 4 members (excludes halogenated alkanes) is 1. The van der Waals surface area contributed by atoms with Gasteiger partial charge in [0.15, 0.2) is 0 Å². The molecule has 0 aliphatic rings. The fraction of sp³-hybridized carbons (Fsp3) is 0.700. The Morgan fingerprint density at radius 1 is 1.43 bits per heavy atom. The van der Waals surface area contributed by atoms with E-state index in [2.05, 4.69) is 28.5 Å². The van der Waals surface area contributed by atoms with Crippen molar-refractivity contribution >= 4 is 11.6 Å². The Hall–Kier alpha value is -0.540. The average molecular weight is 216 g/mol. The molecule has 0 amide bonds. The van der Waals surface area contributed by atoms with Gasteiger partial charge in [-0.1, -0.05) is 0 Å². The van der Waals surface area contributed by atoms with E-state index in [1.807, 2.05) is 12.5 Å². The van der Waals surface area contributed by atoms with Gasteiger partial charge in [-0.2, -0.15) is 0 Å². The van der Waals surface area contributed by atoms with Crippen molar-refractivity contribution in [2.24, 2.45) is 0 Å². The van der Waals surface area contributed by atoms with E-state index in [0.29, 0.717) is 5.88 Å². The standard InChI is InChI=1S/C10H18ClN3/c1-13(2)5-3-4-6-14-9-12-8-10(14)7-11/h8-9H,3-7H2,1-2H3. The maximum atomic E-state index is 5.77. The van der Waals surface area contributed by atoms with Gasteiger partial charge in [0.25, 0.3) is 0 Å². The van der Waals surface area contributed by atoms with Gasteiger partial charge < -0.3 is 9.47 Å². The van der Waals surface area contributed by atoms with Crippen molar-refractivity contribution in [3.05, 3.63) is 18.2 Å². The van der Waals surface area contributed by atoms with E-state index in [4.69, 9.17) is 11.6 Å². The highest BCUT2D eigenvalue weighted by atomic mass is 35.5. The van der Waals surface area contributed by atoms with Crippen LogP contribution in [0.3, 0.4) is 0 Å². The maximum absolute atomic E-state index is 5.77. The largest absolute Gasteiger partial charge is 0.333 e. The van der Waals surface area contributed by atoms with Gasteiger partial charge in [-0.05, 0) is 33.5 Å². The molecule has 0 radical (unpaired) electrons. The molecular weight excluding hydrogens is 198 g/mol. The zero-order valence-corrected chi connectivity index (χ0v) is 9.67. The molecule has 1 heterocycles. The van der Waals surface area contributed by atoms with E-state index < -0.39 is 0 Å². The lowest BCUT2D eigenvalue weighted by Crippen LogP contribution is -2.13. The first-order valence-electron chi connectivity index (χ1n) is 4.93. The first kappa shape index (κ1) is 11.5. The zero-order valence-electron chi connectivity index (χ0n) is 8.91. The molecule has 14 heavy (non-hydrogen) atoms. The van der Waals surface area contributed by atoms with Crippen LogP contribution in [0.4, 0.5) is 0 Å². The first-order chi connectivity index (χ1) is 6.74. The van der Waals surface area contributed by atoms with Gasteiger partial charge in [0.05, 0.1) is 17.9 Å². The Labute approximate surface area is 90.7 Å². The van der Waals surface area contributed by atoms with Gasteiger partial charge in [-0.15, -0.1) is 11.6 Å². The monoisotopic (exact) mass is 215 g/mol. The number of hydrogen-bond acceptors (Lipinski definition) is 2. The maximum Gasteiger partial charge on any atom is 0.0948 e. The Kier molecular flexibility index (Phi) is 4.98. The summed E-state index contributed by atoms with van der Waals surface area (Å²) >= 11 is 5.77. The molecule has 0 aliphatic heterocycles. The van der Waals surface area contributed by atoms with Crippen molar-refractivity contribution in [2.45, 2.75) is 25.3 Å². The van der Waals surface area contributed by atoms with E-state index in [0.717, 1.165) is 18.8 Å². The lowest BCUT2D eigenvalue weighted by atomic mass is 10.3. The molecule has 80 valence electrons. The topological polar surface area (TPSA) is 21.1 Å². The fourth-order valence-corrected chi connectivity index (χ4v) is 1.59. The molecule has 1 rings (SSSR count). The normalized spacial score (nSPS) is 11.1. The molecule has 0 atom stereocenters. The molecule has 0 saturated carbocycles. The molecule has 4 heteroatoms. The molecule has 3 nitrogen and oxygen atoms in total. The summed E-state index contributed by atoms with van der Waals surface area (Å²) in [5.41, 5.74) is 1.11. The minimum absolute atomic E-state index is 0.549. The number of aryl methyl sites for hydroxylation is 1. The van der Waals surface area contributed by atoms with Crippen LogP contribution in [0.15, 0.2) is 12.5 Å². The van der Waals surface area contributed by atoms with Crippen molar-refractivity contribution < 1.29 is 0 Å². The predicted octanol–water partition coefficient (Wildman–Crippen LogP) is 1.96. The molecule has 0 spiro atoms. The molecular formula is C10H18ClN3. The Balaban J connectivity index is 2.24. The highest BCUT2D eigenvalue weighted by Crippen LogP contribution is 2.05. The quantitative estimate of drug-likeness (QED) is 0.535. The lowest BCUT2D eigenvalue weighted by molar-refractivity contribution is 0.387. The van der Waals surface area contributed by atoms with E-state index in [9.17, 15) is 0 Å². The van der Waals surface area contributed by atoms with Crippen LogP contribution in [0.25, 0.3) is 0 Å². The van der Waals surface area contributed by atoms with E-state index in [1.165, 1.54) is 12.8 Å². The number of hydrogen-bond donors (Lipinski definition) is 0. The summed E-state index contributed by atoms with van der Waals surface area (Å²) in [5.74, 6) is 0.549. The first-order valence-corrected chi connectivity index (χ1v) is 5.47. The summed E-state index contributed by atoms with van der Waals surface area (Å²) < 4.78 is 2.13. The van der Waals surface area contributed by atoms with Crippen LogP contribution >= 0.6 is 11.6 Å². The van der Waals surface area contributed by atoms with E-state index >= 15 is 0 Å². The number of nitrogens with zero attached hydrogens (tertiary/aromatic N) is 3. The molecule has 1 aromatic heterocycles. The second kappa shape index (κ2) is 6.04. The third kappa shape index (κ3) is 3.68. The van der Waals surface area contributed by atoms with Crippen LogP contribution < -0.4 is 0 Å². The molecule has 0 saturated heterocycles. The van der Waals surface area contributed by atoms with Gasteiger partial charge in [0.2, 0.25) is 0 Å². The van der Waals surface area contributed by atoms with Gasteiger partial charge in [0.1, 0.15) is 0 Å². The summed E-state index contributed by atoms with van der Waals surface area (Å²) in [4.78, 5) is 6.28. The second-order valence-corrected chi connectivity index (χ2v) is 3.99. The van der Waals surface area contributed by atoms with Crippen molar-refractivity contribution in [2.75, 3.05) is 20.6 Å². The van der Waals surface area contributed by atoms with Crippen molar-refractivity contribution in [1.29, 1.82) is 0 Å². The van der Waals surface area contributed by atoms with Crippen molar-refractivity contribution in [3.8, 4) is 0 Å². The lowest BCUT2D eigenvalue weighted by Gasteiger charge is -2.09. The van der Waals surface area contributed by atoms with Gasteiger partial charge in [-0.3, -0.25) is 0 Å². The number of aromatic nitrogens is 2. The van der Waals surface area contributed by atoms with Crippen LogP contribution in [-0.4, -0.2) is 35.1 Å². The zero-order chi connectivity index (χ0) is 10.4. The molecule has 0 fully saturated rings. The average Bonchev–Trinajstić information content (AvgIpc) is 2.59. The van der Waals surface area contributed by atoms with E-state index in [1.54, 1.807) is 0 Å². The molecule has 0 bridgehead atoms. The third-order valence-electron chi connectivity index (χ3n) is 2.19. The molecule has 0 aliphatic carbocycles. The minimum atomic E-state index is 0.549. The number of alkyl halides is 1. The van der Waals surface area contributed by atoms with Gasteiger partial charge in [0, 0.05) is 12.7 Å². The summed E-state index contributed by atoms with van der Waals surface area (Å²) in [6, 6.07) is 0. The summed E-state index contributed by atoms with van der Waals surface area (Å²) in [6.45, 7) is 2.17. The van der Waals surface area contributed by atoms with Gasteiger partial charge in [-0.25, -0.2) is 4.98 Å². The van der Waals surface area contributed by atoms with Crippen LogP contribution in [0.1, 0.15) is 18.5 Å². The molecule has 0 unspecified atom stereocenters. The Morgan fingerprint density at radius 2 is 2.21 bits per heavy atom. The molecule has 1 aromatic rings. The molecule has 0 N–H and O–H groups in total.